The Hall–Kier alpha value is -2.93. The van der Waals surface area contributed by atoms with Crippen molar-refractivity contribution >= 4 is 17.4 Å². The van der Waals surface area contributed by atoms with E-state index in [9.17, 15) is 14.9 Å². The van der Waals surface area contributed by atoms with E-state index in [0.717, 1.165) is 11.1 Å². The van der Waals surface area contributed by atoms with Crippen LogP contribution >= 0.6 is 0 Å². The van der Waals surface area contributed by atoms with Gasteiger partial charge in [-0.1, -0.05) is 36.4 Å². The molecule has 0 saturated heterocycles. The maximum atomic E-state index is 12.3. The number of nitrogens with one attached hydrogen (secondary N) is 2. The van der Waals surface area contributed by atoms with E-state index in [0.29, 0.717) is 18.5 Å². The predicted molar refractivity (Wildman–Crippen MR) is 95.5 cm³/mol. The van der Waals surface area contributed by atoms with Gasteiger partial charge in [0.05, 0.1) is 16.7 Å². The van der Waals surface area contributed by atoms with Crippen LogP contribution in [0, 0.1) is 17.0 Å². The summed E-state index contributed by atoms with van der Waals surface area (Å²) in [5, 5.41) is 25.5. The number of nitro benzene ring substituents is 1. The molecule has 2 aromatic rings. The molecule has 7 nitrogen and oxygen atoms in total. The van der Waals surface area contributed by atoms with Gasteiger partial charge in [-0.3, -0.25) is 10.1 Å². The minimum atomic E-state index is -0.503. The highest BCUT2D eigenvalue weighted by atomic mass is 16.6. The van der Waals surface area contributed by atoms with Crippen LogP contribution in [0.25, 0.3) is 0 Å². The number of aryl methyl sites for hydroxylation is 1. The van der Waals surface area contributed by atoms with Crippen LogP contribution in [0.2, 0.25) is 0 Å². The normalized spacial score (nSPS) is 11.6. The number of aliphatic hydroxyl groups is 1. The second kappa shape index (κ2) is 8.79. The summed E-state index contributed by atoms with van der Waals surface area (Å²) >= 11 is 0. The van der Waals surface area contributed by atoms with Crippen molar-refractivity contribution < 1.29 is 14.8 Å². The first-order valence-electron chi connectivity index (χ1n) is 7.99. The Morgan fingerprint density at radius 2 is 1.96 bits per heavy atom. The molecule has 7 heteroatoms. The molecule has 0 aliphatic rings. The molecule has 0 saturated carbocycles. The van der Waals surface area contributed by atoms with Crippen LogP contribution in [0.3, 0.4) is 0 Å². The third kappa shape index (κ3) is 5.29. The third-order valence-corrected chi connectivity index (χ3v) is 3.84. The van der Waals surface area contributed by atoms with Crippen LogP contribution in [0.4, 0.5) is 16.2 Å². The number of anilines is 1. The Morgan fingerprint density at radius 3 is 2.60 bits per heavy atom. The van der Waals surface area contributed by atoms with Crippen molar-refractivity contribution in [3.8, 4) is 0 Å². The van der Waals surface area contributed by atoms with Gasteiger partial charge >= 0.3 is 6.03 Å². The van der Waals surface area contributed by atoms with Crippen LogP contribution in [-0.4, -0.2) is 22.7 Å². The van der Waals surface area contributed by atoms with Gasteiger partial charge in [-0.25, -0.2) is 4.79 Å². The minimum absolute atomic E-state index is 0.0383. The fourth-order valence-electron chi connectivity index (χ4n) is 2.48. The van der Waals surface area contributed by atoms with Crippen LogP contribution < -0.4 is 10.6 Å². The fraction of sp³-hybridized carbons (Fsp3) is 0.278. The fourth-order valence-corrected chi connectivity index (χ4v) is 2.48. The van der Waals surface area contributed by atoms with E-state index in [1.165, 1.54) is 12.1 Å². The molecule has 0 aliphatic carbocycles. The van der Waals surface area contributed by atoms with E-state index in [2.05, 4.69) is 10.6 Å². The van der Waals surface area contributed by atoms with Gasteiger partial charge in [0.2, 0.25) is 0 Å². The Bertz CT molecular complexity index is 734. The first-order chi connectivity index (χ1) is 12.0. The Kier molecular flexibility index (Phi) is 6.47. The number of rotatable bonds is 7. The molecular weight excluding hydrogens is 322 g/mol. The Morgan fingerprint density at radius 1 is 1.24 bits per heavy atom. The van der Waals surface area contributed by atoms with Crippen molar-refractivity contribution in [2.24, 2.45) is 0 Å². The summed E-state index contributed by atoms with van der Waals surface area (Å²) in [6.07, 6.45) is 1.14. The Balaban J connectivity index is 2.11. The lowest BCUT2D eigenvalue weighted by Gasteiger charge is -2.19. The highest BCUT2D eigenvalue weighted by molar-refractivity contribution is 5.90. The van der Waals surface area contributed by atoms with Crippen molar-refractivity contribution in [1.29, 1.82) is 0 Å². The highest BCUT2D eigenvalue weighted by Crippen LogP contribution is 2.23. The average Bonchev–Trinajstić information content (AvgIpc) is 2.61. The monoisotopic (exact) mass is 343 g/mol. The maximum Gasteiger partial charge on any atom is 0.319 e. The molecule has 25 heavy (non-hydrogen) atoms. The summed E-state index contributed by atoms with van der Waals surface area (Å²) in [5.41, 5.74) is 1.97. The van der Waals surface area contributed by atoms with Gasteiger partial charge in [0.25, 0.3) is 5.69 Å². The summed E-state index contributed by atoms with van der Waals surface area (Å²) in [6, 6.07) is 13.1. The molecule has 3 N–H and O–H groups in total. The summed E-state index contributed by atoms with van der Waals surface area (Å²) < 4.78 is 0. The van der Waals surface area contributed by atoms with E-state index in [1.54, 1.807) is 13.0 Å². The van der Waals surface area contributed by atoms with Crippen molar-refractivity contribution in [3.63, 3.8) is 0 Å². The molecule has 0 aromatic heterocycles. The van der Waals surface area contributed by atoms with E-state index in [4.69, 9.17) is 5.11 Å². The molecule has 0 fully saturated rings. The minimum Gasteiger partial charge on any atom is -0.396 e. The summed E-state index contributed by atoms with van der Waals surface area (Å²) in [6.45, 7) is 1.80. The first-order valence-corrected chi connectivity index (χ1v) is 7.99. The van der Waals surface area contributed by atoms with Crippen molar-refractivity contribution in [2.75, 3.05) is 11.9 Å². The number of urea groups is 1. The first kappa shape index (κ1) is 18.4. The molecule has 132 valence electrons. The molecule has 2 rings (SSSR count). The van der Waals surface area contributed by atoms with Gasteiger partial charge in [0.15, 0.2) is 0 Å². The molecule has 0 radical (unpaired) electrons. The van der Waals surface area contributed by atoms with Crippen molar-refractivity contribution in [1.82, 2.24) is 5.32 Å². The molecule has 2 amide bonds. The van der Waals surface area contributed by atoms with E-state index >= 15 is 0 Å². The van der Waals surface area contributed by atoms with Gasteiger partial charge in [0.1, 0.15) is 0 Å². The number of benzene rings is 2. The zero-order valence-corrected chi connectivity index (χ0v) is 13.9. The van der Waals surface area contributed by atoms with E-state index in [-0.39, 0.29) is 18.3 Å². The van der Waals surface area contributed by atoms with Crippen LogP contribution in [0.15, 0.2) is 48.5 Å². The van der Waals surface area contributed by atoms with Gasteiger partial charge in [0, 0.05) is 18.7 Å². The average molecular weight is 343 g/mol. The summed E-state index contributed by atoms with van der Waals surface area (Å²) in [7, 11) is 0. The molecule has 0 heterocycles. The van der Waals surface area contributed by atoms with Crippen LogP contribution in [0.1, 0.15) is 30.0 Å². The number of non-ortho nitro benzene ring substituents is 1. The largest absolute Gasteiger partial charge is 0.396 e. The number of hydrogen-bond donors (Lipinski definition) is 3. The topological polar surface area (TPSA) is 105 Å². The number of amides is 2. The van der Waals surface area contributed by atoms with Crippen LogP contribution in [0.5, 0.6) is 0 Å². The quantitative estimate of drug-likeness (QED) is 0.528. The standard InChI is InChI=1S/C18H21N3O4/c1-13-9-10-15(21(24)25)12-17(13)20-18(23)19-16(8-5-11-22)14-6-3-2-4-7-14/h2-4,6-7,9-10,12,16,22H,5,8,11H2,1H3,(H2,19,20,23). The third-order valence-electron chi connectivity index (χ3n) is 3.84. The van der Waals surface area contributed by atoms with Crippen molar-refractivity contribution in [3.05, 3.63) is 69.8 Å². The maximum absolute atomic E-state index is 12.3. The van der Waals surface area contributed by atoms with Crippen molar-refractivity contribution in [2.45, 2.75) is 25.8 Å². The molecule has 1 atom stereocenters. The number of carbonyl (C=O) groups excluding carboxylic acids is 1. The highest BCUT2D eigenvalue weighted by Gasteiger charge is 2.16. The zero-order valence-electron chi connectivity index (χ0n) is 13.9. The van der Waals surface area contributed by atoms with Crippen LogP contribution in [-0.2, 0) is 0 Å². The number of hydrogen-bond acceptors (Lipinski definition) is 4. The van der Waals surface area contributed by atoms with Gasteiger partial charge in [-0.05, 0) is 30.9 Å². The van der Waals surface area contributed by atoms with Gasteiger partial charge < -0.3 is 15.7 Å². The molecular formula is C18H21N3O4. The predicted octanol–water partition coefficient (Wildman–Crippen LogP) is 3.54. The number of carbonyl (C=O) groups is 1. The number of aliphatic hydroxyl groups excluding tert-OH is 1. The molecule has 2 aromatic carbocycles. The van der Waals surface area contributed by atoms with E-state index < -0.39 is 11.0 Å². The smallest absolute Gasteiger partial charge is 0.319 e. The lowest BCUT2D eigenvalue weighted by atomic mass is 10.0. The number of nitrogens with zero attached hydrogens (tertiary/aromatic N) is 1. The van der Waals surface area contributed by atoms with E-state index in [1.807, 2.05) is 30.3 Å². The van der Waals surface area contributed by atoms with Gasteiger partial charge in [-0.2, -0.15) is 0 Å². The Labute approximate surface area is 145 Å². The zero-order chi connectivity index (χ0) is 18.2. The second-order valence-electron chi connectivity index (χ2n) is 5.68. The second-order valence-corrected chi connectivity index (χ2v) is 5.68. The SMILES string of the molecule is Cc1ccc([N+](=O)[O-])cc1NC(=O)NC(CCCO)c1ccccc1. The van der Waals surface area contributed by atoms with Gasteiger partial charge in [-0.15, -0.1) is 0 Å². The molecule has 0 aliphatic heterocycles. The lowest BCUT2D eigenvalue weighted by molar-refractivity contribution is -0.384. The lowest BCUT2D eigenvalue weighted by Crippen LogP contribution is -2.33. The summed E-state index contributed by atoms with van der Waals surface area (Å²) in [5.74, 6) is 0. The molecule has 0 spiro atoms. The molecule has 1 unspecified atom stereocenters. The molecule has 0 bridgehead atoms. The number of nitro groups is 1. The summed E-state index contributed by atoms with van der Waals surface area (Å²) in [4.78, 5) is 22.7.